The molecule has 0 aliphatic carbocycles. The summed E-state index contributed by atoms with van der Waals surface area (Å²) in [5, 5.41) is 8.20. The summed E-state index contributed by atoms with van der Waals surface area (Å²) < 4.78 is 1.33. The van der Waals surface area contributed by atoms with Crippen molar-refractivity contribution in [2.24, 2.45) is 0 Å². The second kappa shape index (κ2) is 7.81. The van der Waals surface area contributed by atoms with Crippen LogP contribution in [0.3, 0.4) is 0 Å². The Kier molecular flexibility index (Phi) is 5.08. The van der Waals surface area contributed by atoms with Crippen LogP contribution in [-0.4, -0.2) is 27.0 Å². The Bertz CT molecular complexity index is 1130. The van der Waals surface area contributed by atoms with Gasteiger partial charge < -0.3 is 5.32 Å². The molecule has 0 aliphatic heterocycles. The van der Waals surface area contributed by atoms with Crippen LogP contribution in [0.4, 0.5) is 0 Å². The van der Waals surface area contributed by atoms with Gasteiger partial charge in [-0.1, -0.05) is 30.3 Å². The minimum absolute atomic E-state index is 0.0370. The van der Waals surface area contributed by atoms with E-state index in [9.17, 15) is 9.59 Å². The Hall–Kier alpha value is -2.84. The minimum atomic E-state index is -0.215. The molecule has 0 saturated carbocycles. The molecule has 136 valence electrons. The van der Waals surface area contributed by atoms with Crippen molar-refractivity contribution in [1.29, 1.82) is 0 Å². The Morgan fingerprint density at radius 1 is 1.15 bits per heavy atom. The summed E-state index contributed by atoms with van der Waals surface area (Å²) in [7, 11) is 0. The van der Waals surface area contributed by atoms with Gasteiger partial charge in [0.1, 0.15) is 11.4 Å². The second-order valence-corrected chi connectivity index (χ2v) is 7.75. The first-order valence-corrected chi connectivity index (χ1v) is 10.2. The highest BCUT2D eigenvalue weighted by Gasteiger charge is 2.09. The predicted octanol–water partition coefficient (Wildman–Crippen LogP) is 2.94. The van der Waals surface area contributed by atoms with Crippen LogP contribution in [0.25, 0.3) is 21.5 Å². The molecule has 1 aromatic carbocycles. The molecule has 8 heteroatoms. The van der Waals surface area contributed by atoms with Gasteiger partial charge in [0.15, 0.2) is 0 Å². The summed E-state index contributed by atoms with van der Waals surface area (Å²) in [6.45, 7) is 0.439. The average Bonchev–Trinajstić information content (AvgIpc) is 3.35. The van der Waals surface area contributed by atoms with E-state index in [1.54, 1.807) is 17.4 Å². The second-order valence-electron chi connectivity index (χ2n) is 5.91. The summed E-state index contributed by atoms with van der Waals surface area (Å²) in [4.78, 5) is 33.9. The molecule has 0 saturated heterocycles. The number of nitrogens with zero attached hydrogens (tertiary/aromatic N) is 3. The maximum absolute atomic E-state index is 12.3. The number of aromatic nitrogens is 3. The number of hydrogen-bond donors (Lipinski definition) is 1. The van der Waals surface area contributed by atoms with Gasteiger partial charge in [-0.15, -0.1) is 22.7 Å². The third kappa shape index (κ3) is 3.96. The number of thiazole rings is 1. The number of amides is 1. The molecule has 0 spiro atoms. The van der Waals surface area contributed by atoms with Crippen LogP contribution < -0.4 is 10.9 Å². The normalized spacial score (nSPS) is 11.0. The fourth-order valence-electron chi connectivity index (χ4n) is 2.69. The quantitative estimate of drug-likeness (QED) is 0.544. The van der Waals surface area contributed by atoms with E-state index in [1.165, 1.54) is 22.2 Å². The standard InChI is InChI=1S/C19H16N4O2S2/c24-16(10-23-12-21-18-14(19(23)25)7-9-26-18)20-8-6-17-22-15(11-27-17)13-4-2-1-3-5-13/h1-5,7,9,11-12H,6,8,10H2,(H,20,24). The summed E-state index contributed by atoms with van der Waals surface area (Å²) in [5.41, 5.74) is 1.84. The number of hydrogen-bond acceptors (Lipinski definition) is 6. The topological polar surface area (TPSA) is 76.9 Å². The first kappa shape index (κ1) is 17.6. The molecule has 0 radical (unpaired) electrons. The van der Waals surface area contributed by atoms with Crippen molar-refractivity contribution in [3.05, 3.63) is 68.8 Å². The summed E-state index contributed by atoms with van der Waals surface area (Å²) >= 11 is 2.99. The lowest BCUT2D eigenvalue weighted by molar-refractivity contribution is -0.121. The Morgan fingerprint density at radius 3 is 2.85 bits per heavy atom. The number of benzene rings is 1. The van der Waals surface area contributed by atoms with E-state index in [0.717, 1.165) is 16.3 Å². The Morgan fingerprint density at radius 2 is 2.00 bits per heavy atom. The fourth-order valence-corrected chi connectivity index (χ4v) is 4.22. The van der Waals surface area contributed by atoms with E-state index < -0.39 is 0 Å². The van der Waals surface area contributed by atoms with E-state index in [4.69, 9.17) is 0 Å². The van der Waals surface area contributed by atoms with Crippen LogP contribution in [0.1, 0.15) is 5.01 Å². The van der Waals surface area contributed by atoms with Crippen molar-refractivity contribution in [3.8, 4) is 11.3 Å². The highest BCUT2D eigenvalue weighted by atomic mass is 32.1. The van der Waals surface area contributed by atoms with Crippen LogP contribution in [0.15, 0.2) is 58.3 Å². The van der Waals surface area contributed by atoms with Gasteiger partial charge in [-0.05, 0) is 11.4 Å². The molecule has 0 fully saturated rings. The summed E-state index contributed by atoms with van der Waals surface area (Å²) in [6.07, 6.45) is 2.08. The van der Waals surface area contributed by atoms with Crippen molar-refractivity contribution in [3.63, 3.8) is 0 Å². The number of carbonyl (C=O) groups excluding carboxylic acids is 1. The van der Waals surface area contributed by atoms with E-state index in [0.29, 0.717) is 23.2 Å². The van der Waals surface area contributed by atoms with Gasteiger partial charge in [0.05, 0.1) is 22.4 Å². The van der Waals surface area contributed by atoms with Crippen molar-refractivity contribution in [2.45, 2.75) is 13.0 Å². The van der Waals surface area contributed by atoms with Gasteiger partial charge in [0.25, 0.3) is 5.56 Å². The van der Waals surface area contributed by atoms with Gasteiger partial charge in [-0.25, -0.2) is 9.97 Å². The summed E-state index contributed by atoms with van der Waals surface area (Å²) in [6, 6.07) is 11.7. The molecular weight excluding hydrogens is 380 g/mol. The monoisotopic (exact) mass is 396 g/mol. The maximum atomic E-state index is 12.3. The van der Waals surface area contributed by atoms with Crippen LogP contribution in [-0.2, 0) is 17.8 Å². The first-order chi connectivity index (χ1) is 13.2. The fraction of sp³-hybridized carbons (Fsp3) is 0.158. The molecule has 1 amide bonds. The molecule has 3 heterocycles. The largest absolute Gasteiger partial charge is 0.354 e. The lowest BCUT2D eigenvalue weighted by Gasteiger charge is -2.06. The zero-order chi connectivity index (χ0) is 18.6. The van der Waals surface area contributed by atoms with Gasteiger partial charge in [0, 0.05) is 23.9 Å². The van der Waals surface area contributed by atoms with Crippen molar-refractivity contribution in [2.75, 3.05) is 6.54 Å². The van der Waals surface area contributed by atoms with Crippen LogP contribution in [0, 0.1) is 0 Å². The molecule has 4 rings (SSSR count). The molecule has 3 aromatic heterocycles. The molecule has 0 aliphatic rings. The zero-order valence-electron chi connectivity index (χ0n) is 14.3. The van der Waals surface area contributed by atoms with Crippen molar-refractivity contribution < 1.29 is 4.79 Å². The first-order valence-electron chi connectivity index (χ1n) is 8.40. The van der Waals surface area contributed by atoms with Crippen molar-refractivity contribution >= 4 is 38.8 Å². The number of fused-ring (bicyclic) bond motifs is 1. The molecule has 4 aromatic rings. The molecular formula is C19H16N4O2S2. The lowest BCUT2D eigenvalue weighted by Crippen LogP contribution is -2.33. The maximum Gasteiger partial charge on any atom is 0.262 e. The van der Waals surface area contributed by atoms with Gasteiger partial charge in [0.2, 0.25) is 5.91 Å². The van der Waals surface area contributed by atoms with Gasteiger partial charge in [-0.2, -0.15) is 0 Å². The smallest absolute Gasteiger partial charge is 0.262 e. The zero-order valence-corrected chi connectivity index (χ0v) is 15.9. The average molecular weight is 396 g/mol. The number of nitrogens with one attached hydrogen (secondary N) is 1. The highest BCUT2D eigenvalue weighted by molar-refractivity contribution is 7.16. The minimum Gasteiger partial charge on any atom is -0.354 e. The van der Waals surface area contributed by atoms with Gasteiger partial charge >= 0.3 is 0 Å². The lowest BCUT2D eigenvalue weighted by atomic mass is 10.2. The summed E-state index contributed by atoms with van der Waals surface area (Å²) in [5.74, 6) is -0.215. The van der Waals surface area contributed by atoms with Gasteiger partial charge in [-0.3, -0.25) is 14.2 Å². The van der Waals surface area contributed by atoms with Crippen LogP contribution in [0.5, 0.6) is 0 Å². The molecule has 0 bridgehead atoms. The molecule has 0 unspecified atom stereocenters. The Balaban J connectivity index is 1.32. The third-order valence-electron chi connectivity index (χ3n) is 4.05. The highest BCUT2D eigenvalue weighted by Crippen LogP contribution is 2.21. The van der Waals surface area contributed by atoms with Crippen LogP contribution >= 0.6 is 22.7 Å². The molecule has 6 nitrogen and oxygen atoms in total. The molecule has 27 heavy (non-hydrogen) atoms. The van der Waals surface area contributed by atoms with E-state index >= 15 is 0 Å². The Labute approximate surface area is 163 Å². The van der Waals surface area contributed by atoms with E-state index in [-0.39, 0.29) is 18.0 Å². The SMILES string of the molecule is O=C(Cn1cnc2sccc2c1=O)NCCc1nc(-c2ccccc2)cs1. The predicted molar refractivity (Wildman–Crippen MR) is 108 cm³/mol. The van der Waals surface area contributed by atoms with E-state index in [1.807, 2.05) is 41.1 Å². The number of rotatable bonds is 6. The van der Waals surface area contributed by atoms with Crippen LogP contribution in [0.2, 0.25) is 0 Å². The van der Waals surface area contributed by atoms with Crippen molar-refractivity contribution in [1.82, 2.24) is 19.9 Å². The molecule has 1 N–H and O–H groups in total. The molecule has 0 atom stereocenters. The number of thiophene rings is 1. The number of carbonyl (C=O) groups is 1. The van der Waals surface area contributed by atoms with E-state index in [2.05, 4.69) is 15.3 Å². The third-order valence-corrected chi connectivity index (χ3v) is 5.78.